The number of rotatable bonds is 8. The molecule has 0 spiro atoms. The molecule has 0 amide bonds. The lowest BCUT2D eigenvalue weighted by Crippen LogP contribution is -2.34. The first-order valence-corrected chi connectivity index (χ1v) is 14.9. The fraction of sp³-hybridized carbons (Fsp3) is 0.636. The molecule has 1 aromatic rings. The minimum atomic E-state index is -4.85. The molecule has 1 aromatic carbocycles. The standard InChI is InChI=1S/C22H33F2N3O5S2/c23-17-19(26-16-10-5-2-1-3-6-11-16)22(33(29,30)15-9-14-28)20(27-12-7-4-8-13-27)18(24)21(17)34(25,31)32/h2,5,16,26,28H,1,3-4,6-15H2,(H2,25,31,32)/b5-2-/t16-/m1/s1. The topological polar surface area (TPSA) is 130 Å². The quantitative estimate of drug-likeness (QED) is 0.448. The van der Waals surface area contributed by atoms with Crippen LogP contribution in [0.3, 0.4) is 0 Å². The molecule has 3 rings (SSSR count). The van der Waals surface area contributed by atoms with Crippen molar-refractivity contribution in [2.24, 2.45) is 5.14 Å². The van der Waals surface area contributed by atoms with E-state index in [-0.39, 0.29) is 12.5 Å². The Balaban J connectivity index is 2.30. The van der Waals surface area contributed by atoms with E-state index in [0.29, 0.717) is 38.8 Å². The van der Waals surface area contributed by atoms with Crippen molar-refractivity contribution in [3.05, 3.63) is 23.8 Å². The Kier molecular flexibility index (Phi) is 8.93. The second kappa shape index (κ2) is 11.3. The first kappa shape index (κ1) is 26.8. The normalized spacial score (nSPS) is 21.1. The molecular formula is C22H33F2N3O5S2. The predicted molar refractivity (Wildman–Crippen MR) is 127 cm³/mol. The third-order valence-corrected chi connectivity index (χ3v) is 8.99. The summed E-state index contributed by atoms with van der Waals surface area (Å²) in [5, 5.41) is 17.3. The SMILES string of the molecule is NS(=O)(=O)c1c(F)c(N[C@@H]2C/C=C\CCCC2)c(S(=O)(=O)CCCO)c(N2CCCCC2)c1F. The number of nitrogens with zero attached hydrogens (tertiary/aromatic N) is 1. The van der Waals surface area contributed by atoms with Crippen LogP contribution in [-0.2, 0) is 19.9 Å². The number of aliphatic hydroxyl groups is 1. The lowest BCUT2D eigenvalue weighted by molar-refractivity contribution is 0.295. The molecule has 192 valence electrons. The second-order valence-corrected chi connectivity index (χ2v) is 12.4. The van der Waals surface area contributed by atoms with E-state index in [9.17, 15) is 21.9 Å². The van der Waals surface area contributed by atoms with Crippen molar-refractivity contribution in [1.82, 2.24) is 0 Å². The number of sulfonamides is 1. The van der Waals surface area contributed by atoms with Gasteiger partial charge in [-0.3, -0.25) is 0 Å². The highest BCUT2D eigenvalue weighted by atomic mass is 32.2. The second-order valence-electron chi connectivity index (χ2n) is 8.83. The third kappa shape index (κ3) is 6.07. The van der Waals surface area contributed by atoms with Crippen LogP contribution in [0.2, 0.25) is 0 Å². The predicted octanol–water partition coefficient (Wildman–Crippen LogP) is 3.06. The Bertz CT molecular complexity index is 1120. The molecule has 0 radical (unpaired) electrons. The van der Waals surface area contributed by atoms with Crippen LogP contribution in [0.15, 0.2) is 21.9 Å². The number of sulfone groups is 1. The molecule has 4 N–H and O–H groups in total. The van der Waals surface area contributed by atoms with Crippen LogP contribution in [0.4, 0.5) is 20.2 Å². The average molecular weight is 522 g/mol. The fourth-order valence-electron chi connectivity index (χ4n) is 4.56. The van der Waals surface area contributed by atoms with Gasteiger partial charge in [0.1, 0.15) is 4.90 Å². The molecule has 1 saturated heterocycles. The van der Waals surface area contributed by atoms with Gasteiger partial charge in [-0.25, -0.2) is 30.8 Å². The van der Waals surface area contributed by atoms with Crippen LogP contribution in [0, 0.1) is 11.6 Å². The van der Waals surface area contributed by atoms with Crippen LogP contribution >= 0.6 is 0 Å². The van der Waals surface area contributed by atoms with Crippen LogP contribution in [0.1, 0.15) is 57.8 Å². The van der Waals surface area contributed by atoms with Gasteiger partial charge in [0.25, 0.3) is 0 Å². The zero-order chi connectivity index (χ0) is 24.9. The molecule has 1 heterocycles. The van der Waals surface area contributed by atoms with E-state index in [2.05, 4.69) is 5.32 Å². The number of benzene rings is 1. The van der Waals surface area contributed by atoms with Gasteiger partial charge >= 0.3 is 0 Å². The van der Waals surface area contributed by atoms with Gasteiger partial charge in [-0.05, 0) is 51.4 Å². The van der Waals surface area contributed by atoms with Crippen LogP contribution < -0.4 is 15.4 Å². The molecule has 0 saturated carbocycles. The van der Waals surface area contributed by atoms with Gasteiger partial charge in [0, 0.05) is 25.7 Å². The number of nitrogens with one attached hydrogen (secondary N) is 1. The molecule has 0 unspecified atom stereocenters. The van der Waals surface area contributed by atoms with Crippen LogP contribution in [0.25, 0.3) is 0 Å². The van der Waals surface area contributed by atoms with Gasteiger partial charge in [0.05, 0.1) is 17.1 Å². The Hall–Kier alpha value is -1.76. The van der Waals surface area contributed by atoms with Crippen molar-refractivity contribution in [2.45, 2.75) is 73.6 Å². The summed E-state index contributed by atoms with van der Waals surface area (Å²) in [5.74, 6) is -3.57. The lowest BCUT2D eigenvalue weighted by Gasteiger charge is -2.33. The van der Waals surface area contributed by atoms with Gasteiger partial charge in [0.2, 0.25) is 10.0 Å². The first-order valence-electron chi connectivity index (χ1n) is 11.7. The molecule has 1 atom stereocenters. The van der Waals surface area contributed by atoms with Crippen LogP contribution in [-0.4, -0.2) is 53.4 Å². The van der Waals surface area contributed by atoms with E-state index in [4.69, 9.17) is 5.14 Å². The van der Waals surface area contributed by atoms with Crippen molar-refractivity contribution in [3.63, 3.8) is 0 Å². The summed E-state index contributed by atoms with van der Waals surface area (Å²) in [6.07, 6.45) is 9.60. The van der Waals surface area contributed by atoms with Crippen molar-refractivity contribution in [2.75, 3.05) is 35.7 Å². The molecule has 12 heteroatoms. The molecule has 0 aromatic heterocycles. The lowest BCUT2D eigenvalue weighted by atomic mass is 10.0. The number of primary sulfonamides is 1. The number of hydrogen-bond donors (Lipinski definition) is 3. The van der Waals surface area contributed by atoms with E-state index < -0.39 is 65.0 Å². The minimum absolute atomic E-state index is 0.131. The largest absolute Gasteiger partial charge is 0.396 e. The highest BCUT2D eigenvalue weighted by Crippen LogP contribution is 2.43. The Morgan fingerprint density at radius 2 is 1.71 bits per heavy atom. The maximum atomic E-state index is 15.7. The van der Waals surface area contributed by atoms with Crippen LogP contribution in [0.5, 0.6) is 0 Å². The number of aliphatic hydroxyl groups excluding tert-OH is 1. The number of allylic oxidation sites excluding steroid dienone is 1. The number of halogens is 2. The molecule has 1 fully saturated rings. The first-order chi connectivity index (χ1) is 16.1. The zero-order valence-corrected chi connectivity index (χ0v) is 20.7. The molecule has 0 bridgehead atoms. The monoisotopic (exact) mass is 521 g/mol. The number of hydrogen-bond acceptors (Lipinski definition) is 7. The zero-order valence-electron chi connectivity index (χ0n) is 19.1. The number of piperidine rings is 1. The molecular weight excluding hydrogens is 488 g/mol. The van der Waals surface area contributed by atoms with Gasteiger partial charge in [-0.1, -0.05) is 18.6 Å². The maximum absolute atomic E-state index is 15.7. The van der Waals surface area contributed by atoms with E-state index in [0.717, 1.165) is 25.7 Å². The fourth-order valence-corrected chi connectivity index (χ4v) is 6.94. The summed E-state index contributed by atoms with van der Waals surface area (Å²) >= 11 is 0. The van der Waals surface area contributed by atoms with Crippen molar-refractivity contribution >= 4 is 31.2 Å². The van der Waals surface area contributed by atoms with Gasteiger partial charge < -0.3 is 15.3 Å². The molecule has 1 aliphatic carbocycles. The minimum Gasteiger partial charge on any atom is -0.396 e. The highest BCUT2D eigenvalue weighted by Gasteiger charge is 2.38. The Labute approximate surface area is 200 Å². The number of anilines is 2. The van der Waals surface area contributed by atoms with Crippen molar-refractivity contribution in [1.29, 1.82) is 0 Å². The Morgan fingerprint density at radius 3 is 2.35 bits per heavy atom. The summed E-state index contributed by atoms with van der Waals surface area (Å²) in [6.45, 7) is 0.163. The van der Waals surface area contributed by atoms with Crippen molar-refractivity contribution in [3.8, 4) is 0 Å². The van der Waals surface area contributed by atoms with Gasteiger partial charge in [-0.15, -0.1) is 0 Å². The Morgan fingerprint density at radius 1 is 1.00 bits per heavy atom. The molecule has 34 heavy (non-hydrogen) atoms. The average Bonchev–Trinajstić information content (AvgIpc) is 2.75. The van der Waals surface area contributed by atoms with E-state index >= 15 is 8.78 Å². The molecule has 1 aliphatic heterocycles. The highest BCUT2D eigenvalue weighted by molar-refractivity contribution is 7.91. The summed E-state index contributed by atoms with van der Waals surface area (Å²) in [6, 6.07) is -0.383. The molecule has 2 aliphatic rings. The summed E-state index contributed by atoms with van der Waals surface area (Å²) < 4.78 is 82.7. The smallest absolute Gasteiger partial charge is 0.244 e. The van der Waals surface area contributed by atoms with Gasteiger partial charge in [-0.2, -0.15) is 0 Å². The summed E-state index contributed by atoms with van der Waals surface area (Å²) in [4.78, 5) is -0.475. The van der Waals surface area contributed by atoms with Gasteiger partial charge in [0.15, 0.2) is 26.4 Å². The summed E-state index contributed by atoms with van der Waals surface area (Å²) in [5.41, 5.74) is -1.03. The van der Waals surface area contributed by atoms with Crippen molar-refractivity contribution < 1.29 is 30.7 Å². The molecule has 8 nitrogen and oxygen atoms in total. The summed E-state index contributed by atoms with van der Waals surface area (Å²) in [7, 11) is -9.15. The van der Waals surface area contributed by atoms with E-state index in [1.807, 2.05) is 12.2 Å². The maximum Gasteiger partial charge on any atom is 0.244 e. The van der Waals surface area contributed by atoms with E-state index in [1.54, 1.807) is 0 Å². The van der Waals surface area contributed by atoms with E-state index in [1.165, 1.54) is 4.90 Å². The number of nitrogens with two attached hydrogens (primary N) is 1. The third-order valence-electron chi connectivity index (χ3n) is 6.22.